The van der Waals surface area contributed by atoms with Crippen molar-refractivity contribution in [2.24, 2.45) is 0 Å². The summed E-state index contributed by atoms with van der Waals surface area (Å²) in [5.41, 5.74) is 1.39. The number of para-hydroxylation sites is 1. The van der Waals surface area contributed by atoms with Crippen LogP contribution < -0.4 is 14.2 Å². The number of carbonyl (C=O) groups is 2. The largest absolute Gasteiger partial charge is 0.497 e. The maximum absolute atomic E-state index is 12.7. The lowest BCUT2D eigenvalue weighted by atomic mass is 10.1. The Bertz CT molecular complexity index is 1090. The molecule has 0 aromatic heterocycles. The van der Waals surface area contributed by atoms with Gasteiger partial charge in [0.2, 0.25) is 0 Å². The quantitative estimate of drug-likeness (QED) is 0.197. The van der Waals surface area contributed by atoms with Crippen LogP contribution in [0.5, 0.6) is 17.2 Å². The van der Waals surface area contributed by atoms with Gasteiger partial charge >= 0.3 is 5.97 Å². The standard InChI is InChI=1S/C24H19BrO5/c1-28-19-12-14-23(29-2)20(15-19)21(26)13-9-16-5-3-4-6-22(16)30-24(27)17-7-10-18(25)11-8-17/h3-15H,1-2H3. The van der Waals surface area contributed by atoms with Crippen LogP contribution in [0.25, 0.3) is 6.08 Å². The zero-order valence-corrected chi connectivity index (χ0v) is 18.0. The molecule has 3 aromatic carbocycles. The molecule has 30 heavy (non-hydrogen) atoms. The predicted molar refractivity (Wildman–Crippen MR) is 118 cm³/mol. The molecule has 0 unspecified atom stereocenters. The van der Waals surface area contributed by atoms with Crippen LogP contribution in [0, 0.1) is 0 Å². The average molecular weight is 467 g/mol. The first-order valence-corrected chi connectivity index (χ1v) is 9.82. The molecule has 0 radical (unpaired) electrons. The minimum Gasteiger partial charge on any atom is -0.497 e. The Morgan fingerprint density at radius 1 is 0.867 bits per heavy atom. The number of ketones is 1. The van der Waals surface area contributed by atoms with E-state index in [0.29, 0.717) is 33.9 Å². The summed E-state index contributed by atoms with van der Waals surface area (Å²) in [6, 6.07) is 18.9. The van der Waals surface area contributed by atoms with Gasteiger partial charge in [0.25, 0.3) is 0 Å². The highest BCUT2D eigenvalue weighted by atomic mass is 79.9. The Labute approximate surface area is 183 Å². The van der Waals surface area contributed by atoms with E-state index in [-0.39, 0.29) is 5.78 Å². The molecular formula is C24H19BrO5. The molecule has 0 spiro atoms. The van der Waals surface area contributed by atoms with Gasteiger partial charge in [0.15, 0.2) is 5.78 Å². The van der Waals surface area contributed by atoms with E-state index in [4.69, 9.17) is 14.2 Å². The second-order valence-electron chi connectivity index (χ2n) is 6.20. The molecule has 0 amide bonds. The molecule has 0 heterocycles. The summed E-state index contributed by atoms with van der Waals surface area (Å²) in [5, 5.41) is 0. The van der Waals surface area contributed by atoms with Crippen molar-refractivity contribution < 1.29 is 23.8 Å². The molecular weight excluding hydrogens is 448 g/mol. The van der Waals surface area contributed by atoms with Crippen molar-refractivity contribution in [2.45, 2.75) is 0 Å². The number of benzene rings is 3. The lowest BCUT2D eigenvalue weighted by molar-refractivity contribution is 0.0734. The third-order valence-electron chi connectivity index (χ3n) is 4.29. The SMILES string of the molecule is COc1ccc(OC)c(C(=O)C=Cc2ccccc2OC(=O)c2ccc(Br)cc2)c1. The van der Waals surface area contributed by atoms with Gasteiger partial charge in [-0.05, 0) is 60.7 Å². The first kappa shape index (κ1) is 21.3. The predicted octanol–water partition coefficient (Wildman–Crippen LogP) is 5.58. The van der Waals surface area contributed by atoms with Crippen LogP contribution in [-0.4, -0.2) is 26.0 Å². The van der Waals surface area contributed by atoms with E-state index in [9.17, 15) is 9.59 Å². The van der Waals surface area contributed by atoms with Gasteiger partial charge < -0.3 is 14.2 Å². The Morgan fingerprint density at radius 3 is 2.30 bits per heavy atom. The Hall–Kier alpha value is -3.38. The first-order valence-electron chi connectivity index (χ1n) is 9.03. The van der Waals surface area contributed by atoms with Crippen molar-refractivity contribution in [2.75, 3.05) is 14.2 Å². The first-order chi connectivity index (χ1) is 14.5. The van der Waals surface area contributed by atoms with Crippen LogP contribution in [0.1, 0.15) is 26.3 Å². The Balaban J connectivity index is 1.82. The van der Waals surface area contributed by atoms with Gasteiger partial charge in [-0.2, -0.15) is 0 Å². The number of rotatable bonds is 7. The minimum atomic E-state index is -0.482. The fraction of sp³-hybridized carbons (Fsp3) is 0.0833. The molecule has 3 rings (SSSR count). The summed E-state index contributed by atoms with van der Waals surface area (Å²) in [6.07, 6.45) is 3.01. The molecule has 0 N–H and O–H groups in total. The topological polar surface area (TPSA) is 61.8 Å². The molecule has 0 fully saturated rings. The number of allylic oxidation sites excluding steroid dienone is 1. The second-order valence-corrected chi connectivity index (χ2v) is 7.11. The molecule has 3 aromatic rings. The minimum absolute atomic E-state index is 0.264. The van der Waals surface area contributed by atoms with Crippen LogP contribution in [0.2, 0.25) is 0 Å². The van der Waals surface area contributed by atoms with E-state index < -0.39 is 5.97 Å². The molecule has 0 aliphatic heterocycles. The van der Waals surface area contributed by atoms with Gasteiger partial charge in [0, 0.05) is 10.0 Å². The lowest BCUT2D eigenvalue weighted by Gasteiger charge is -2.09. The van der Waals surface area contributed by atoms with Gasteiger partial charge in [-0.3, -0.25) is 4.79 Å². The van der Waals surface area contributed by atoms with E-state index in [1.807, 2.05) is 0 Å². The van der Waals surface area contributed by atoms with Gasteiger partial charge in [-0.15, -0.1) is 0 Å². The number of methoxy groups -OCH3 is 2. The summed E-state index contributed by atoms with van der Waals surface area (Å²) in [7, 11) is 3.03. The number of hydrogen-bond acceptors (Lipinski definition) is 5. The summed E-state index contributed by atoms with van der Waals surface area (Å²) < 4.78 is 16.9. The summed E-state index contributed by atoms with van der Waals surface area (Å²) >= 11 is 3.34. The molecule has 6 heteroatoms. The second kappa shape index (κ2) is 9.89. The average Bonchev–Trinajstić information content (AvgIpc) is 2.78. The van der Waals surface area contributed by atoms with Crippen molar-refractivity contribution in [3.63, 3.8) is 0 Å². The molecule has 0 aliphatic rings. The van der Waals surface area contributed by atoms with Crippen LogP contribution in [0.15, 0.2) is 77.3 Å². The summed E-state index contributed by atoms with van der Waals surface area (Å²) in [6.45, 7) is 0. The maximum Gasteiger partial charge on any atom is 0.343 e. The van der Waals surface area contributed by atoms with Crippen LogP contribution >= 0.6 is 15.9 Å². The van der Waals surface area contributed by atoms with Crippen LogP contribution in [0.3, 0.4) is 0 Å². The number of halogens is 1. The molecule has 0 saturated carbocycles. The molecule has 0 bridgehead atoms. The fourth-order valence-electron chi connectivity index (χ4n) is 2.72. The highest BCUT2D eigenvalue weighted by Crippen LogP contribution is 2.26. The van der Waals surface area contributed by atoms with Crippen molar-refractivity contribution in [1.29, 1.82) is 0 Å². The normalized spacial score (nSPS) is 10.6. The number of carbonyl (C=O) groups excluding carboxylic acids is 2. The maximum atomic E-state index is 12.7. The van der Waals surface area contributed by atoms with E-state index in [0.717, 1.165) is 4.47 Å². The highest BCUT2D eigenvalue weighted by Gasteiger charge is 2.13. The zero-order chi connectivity index (χ0) is 21.5. The van der Waals surface area contributed by atoms with Crippen molar-refractivity contribution >= 4 is 33.8 Å². The highest BCUT2D eigenvalue weighted by molar-refractivity contribution is 9.10. The number of esters is 1. The van der Waals surface area contributed by atoms with Gasteiger partial charge in [0.05, 0.1) is 25.3 Å². The van der Waals surface area contributed by atoms with Crippen molar-refractivity contribution in [3.05, 3.63) is 94.0 Å². The van der Waals surface area contributed by atoms with Crippen LogP contribution in [0.4, 0.5) is 0 Å². The molecule has 0 saturated heterocycles. The van der Waals surface area contributed by atoms with Gasteiger partial charge in [0.1, 0.15) is 17.2 Å². The summed E-state index contributed by atoms with van der Waals surface area (Å²) in [4.78, 5) is 25.2. The van der Waals surface area contributed by atoms with Crippen molar-refractivity contribution in [3.8, 4) is 17.2 Å². The summed E-state index contributed by atoms with van der Waals surface area (Å²) in [5.74, 6) is 0.604. The molecule has 0 aliphatic carbocycles. The van der Waals surface area contributed by atoms with Gasteiger partial charge in [-0.25, -0.2) is 4.79 Å². The van der Waals surface area contributed by atoms with E-state index in [2.05, 4.69) is 15.9 Å². The van der Waals surface area contributed by atoms with Crippen molar-refractivity contribution in [1.82, 2.24) is 0 Å². The molecule has 152 valence electrons. The fourth-order valence-corrected chi connectivity index (χ4v) is 2.98. The third kappa shape index (κ3) is 5.15. The van der Waals surface area contributed by atoms with E-state index in [1.165, 1.54) is 20.3 Å². The Kier molecular flexibility index (Phi) is 7.03. The zero-order valence-electron chi connectivity index (χ0n) is 16.4. The molecule has 0 atom stereocenters. The smallest absolute Gasteiger partial charge is 0.343 e. The van der Waals surface area contributed by atoms with Crippen LogP contribution in [-0.2, 0) is 0 Å². The third-order valence-corrected chi connectivity index (χ3v) is 4.82. The monoisotopic (exact) mass is 466 g/mol. The van der Waals surface area contributed by atoms with E-state index >= 15 is 0 Å². The van der Waals surface area contributed by atoms with Gasteiger partial charge in [-0.1, -0.05) is 34.1 Å². The van der Waals surface area contributed by atoms with E-state index in [1.54, 1.807) is 72.8 Å². The number of ether oxygens (including phenoxy) is 3. The Morgan fingerprint density at radius 2 is 1.60 bits per heavy atom. The molecule has 5 nitrogen and oxygen atoms in total. The lowest BCUT2D eigenvalue weighted by Crippen LogP contribution is -2.09. The number of hydrogen-bond donors (Lipinski definition) is 0.